The van der Waals surface area contributed by atoms with Crippen molar-refractivity contribution in [2.24, 2.45) is 0 Å². The number of amides is 1. The number of benzene rings is 1. The Balaban J connectivity index is 1.68. The lowest BCUT2D eigenvalue weighted by molar-refractivity contribution is -0.138. The van der Waals surface area contributed by atoms with E-state index in [-0.39, 0.29) is 30.0 Å². The number of hydrogen-bond donors (Lipinski definition) is 0. The molecule has 4 nitrogen and oxygen atoms in total. The van der Waals surface area contributed by atoms with Crippen LogP contribution in [0.2, 0.25) is 0 Å². The molecule has 0 atom stereocenters. The Labute approximate surface area is 172 Å². The summed E-state index contributed by atoms with van der Waals surface area (Å²) >= 11 is 0. The van der Waals surface area contributed by atoms with Crippen molar-refractivity contribution in [3.63, 3.8) is 0 Å². The first-order valence-electron chi connectivity index (χ1n) is 9.00. The average molecular weight is 437 g/mol. The zero-order valence-corrected chi connectivity index (χ0v) is 15.6. The molecule has 2 aromatic heterocycles. The molecule has 1 amide bonds. The number of aromatic nitrogens is 2. The van der Waals surface area contributed by atoms with E-state index in [0.717, 1.165) is 18.2 Å². The highest BCUT2D eigenvalue weighted by Crippen LogP contribution is 2.36. The van der Waals surface area contributed by atoms with Gasteiger partial charge in [0.05, 0.1) is 35.5 Å². The van der Waals surface area contributed by atoms with Crippen molar-refractivity contribution in [3.8, 4) is 11.1 Å². The van der Waals surface area contributed by atoms with Gasteiger partial charge in [-0.1, -0.05) is 12.1 Å². The molecule has 0 N–H and O–H groups in total. The summed E-state index contributed by atoms with van der Waals surface area (Å²) in [5.74, 6) is -0.374. The summed E-state index contributed by atoms with van der Waals surface area (Å²) in [6.07, 6.45) is -5.85. The zero-order chi connectivity index (χ0) is 22.4. The third kappa shape index (κ3) is 4.23. The number of nitrogens with zero attached hydrogens (tertiary/aromatic N) is 3. The van der Waals surface area contributed by atoms with E-state index in [0.29, 0.717) is 23.1 Å². The van der Waals surface area contributed by atoms with Crippen LogP contribution in [0.3, 0.4) is 0 Å². The van der Waals surface area contributed by atoms with E-state index in [9.17, 15) is 31.1 Å². The predicted molar refractivity (Wildman–Crippen MR) is 98.8 cm³/mol. The Hall–Kier alpha value is -3.43. The second kappa shape index (κ2) is 7.36. The van der Waals surface area contributed by atoms with Crippen molar-refractivity contribution in [2.75, 3.05) is 4.90 Å². The van der Waals surface area contributed by atoms with Crippen LogP contribution in [0.15, 0.2) is 55.0 Å². The van der Waals surface area contributed by atoms with Gasteiger partial charge in [0, 0.05) is 24.2 Å². The molecule has 0 aliphatic carbocycles. The van der Waals surface area contributed by atoms with E-state index in [1.165, 1.54) is 35.5 Å². The normalized spacial score (nSPS) is 14.1. The highest BCUT2D eigenvalue weighted by molar-refractivity contribution is 6.01. The minimum Gasteiger partial charge on any atom is -0.306 e. The van der Waals surface area contributed by atoms with Crippen LogP contribution in [0.25, 0.3) is 11.1 Å². The van der Waals surface area contributed by atoms with E-state index in [4.69, 9.17) is 0 Å². The largest absolute Gasteiger partial charge is 0.417 e. The zero-order valence-electron chi connectivity index (χ0n) is 15.6. The van der Waals surface area contributed by atoms with Crippen LogP contribution in [-0.2, 0) is 30.1 Å². The molecular weight excluding hydrogens is 424 g/mol. The van der Waals surface area contributed by atoms with Crippen LogP contribution in [-0.4, -0.2) is 15.9 Å². The molecule has 1 aromatic carbocycles. The van der Waals surface area contributed by atoms with Gasteiger partial charge in [-0.3, -0.25) is 14.8 Å². The van der Waals surface area contributed by atoms with E-state index < -0.39 is 23.5 Å². The first-order chi connectivity index (χ1) is 14.5. The van der Waals surface area contributed by atoms with Gasteiger partial charge < -0.3 is 4.90 Å². The Bertz CT molecular complexity index is 1160. The molecular formula is C21H13F6N3O. The fourth-order valence-corrected chi connectivity index (χ4v) is 3.34. The molecule has 3 aromatic rings. The molecule has 4 rings (SSSR count). The van der Waals surface area contributed by atoms with E-state index >= 15 is 0 Å². The van der Waals surface area contributed by atoms with Crippen molar-refractivity contribution >= 4 is 11.6 Å². The Morgan fingerprint density at radius 1 is 0.871 bits per heavy atom. The summed E-state index contributed by atoms with van der Waals surface area (Å²) in [5.41, 5.74) is -0.239. The number of alkyl halides is 6. The van der Waals surface area contributed by atoms with Gasteiger partial charge in [-0.15, -0.1) is 0 Å². The monoisotopic (exact) mass is 437 g/mol. The molecule has 1 aliphatic heterocycles. The first kappa shape index (κ1) is 20.8. The molecule has 0 fully saturated rings. The third-order valence-corrected chi connectivity index (χ3v) is 4.84. The topological polar surface area (TPSA) is 46.1 Å². The summed E-state index contributed by atoms with van der Waals surface area (Å²) in [6.45, 7) is -0.170. The van der Waals surface area contributed by atoms with Crippen LogP contribution in [0.1, 0.15) is 22.4 Å². The molecule has 0 unspecified atom stereocenters. The molecule has 0 radical (unpaired) electrons. The van der Waals surface area contributed by atoms with Crippen LogP contribution >= 0.6 is 0 Å². The van der Waals surface area contributed by atoms with Gasteiger partial charge in [0.25, 0.3) is 0 Å². The number of carbonyl (C=O) groups is 1. The first-order valence-corrected chi connectivity index (χ1v) is 9.00. The number of carbonyl (C=O) groups excluding carboxylic acids is 1. The minimum atomic E-state index is -4.58. The molecule has 3 heterocycles. The molecule has 31 heavy (non-hydrogen) atoms. The SMILES string of the molecule is O=C1Cc2ncc(-c3cccc(C(F)(F)F)c3)cc2N1Cc1cncc(C(F)(F)F)c1. The molecule has 160 valence electrons. The van der Waals surface area contributed by atoms with E-state index in [1.54, 1.807) is 0 Å². The summed E-state index contributed by atoms with van der Waals surface area (Å²) < 4.78 is 77.9. The lowest BCUT2D eigenvalue weighted by Gasteiger charge is -2.18. The van der Waals surface area contributed by atoms with Crippen molar-refractivity contribution in [1.82, 2.24) is 9.97 Å². The van der Waals surface area contributed by atoms with Gasteiger partial charge in [0.1, 0.15) is 0 Å². The fourth-order valence-electron chi connectivity index (χ4n) is 3.34. The Morgan fingerprint density at radius 3 is 2.32 bits per heavy atom. The smallest absolute Gasteiger partial charge is 0.306 e. The third-order valence-electron chi connectivity index (χ3n) is 4.84. The summed E-state index contributed by atoms with van der Waals surface area (Å²) in [6, 6.07) is 7.09. The quantitative estimate of drug-likeness (QED) is 0.525. The van der Waals surface area contributed by atoms with Gasteiger partial charge in [0.2, 0.25) is 5.91 Å². The van der Waals surface area contributed by atoms with Gasteiger partial charge in [-0.25, -0.2) is 0 Å². The Kier molecular flexibility index (Phi) is 4.95. The Morgan fingerprint density at radius 2 is 1.61 bits per heavy atom. The summed E-state index contributed by atoms with van der Waals surface area (Å²) in [5, 5.41) is 0. The van der Waals surface area contributed by atoms with Crippen LogP contribution < -0.4 is 4.90 Å². The predicted octanol–water partition coefficient (Wildman–Crippen LogP) is 5.27. The van der Waals surface area contributed by atoms with Crippen molar-refractivity contribution in [3.05, 3.63) is 77.4 Å². The standard InChI is InChI=1S/C21H13F6N3O/c22-20(23,24)15-3-1-2-13(5-15)14-6-18-17(29-9-14)7-19(31)30(18)11-12-4-16(10-28-8-12)21(25,26)27/h1-6,8-10H,7,11H2. The lowest BCUT2D eigenvalue weighted by atomic mass is 10.0. The second-order valence-corrected chi connectivity index (χ2v) is 7.00. The van der Waals surface area contributed by atoms with Crippen LogP contribution in [0.5, 0.6) is 0 Å². The molecule has 0 saturated carbocycles. The maximum absolute atomic E-state index is 13.0. The highest BCUT2D eigenvalue weighted by Gasteiger charge is 2.33. The van der Waals surface area contributed by atoms with Gasteiger partial charge in [0.15, 0.2) is 0 Å². The van der Waals surface area contributed by atoms with E-state index in [2.05, 4.69) is 9.97 Å². The van der Waals surface area contributed by atoms with Gasteiger partial charge >= 0.3 is 12.4 Å². The number of hydrogen-bond acceptors (Lipinski definition) is 3. The van der Waals surface area contributed by atoms with Crippen LogP contribution in [0.4, 0.5) is 32.0 Å². The molecule has 1 aliphatic rings. The van der Waals surface area contributed by atoms with Crippen molar-refractivity contribution in [2.45, 2.75) is 25.3 Å². The maximum atomic E-state index is 13.0. The molecule has 10 heteroatoms. The second-order valence-electron chi connectivity index (χ2n) is 7.00. The van der Waals surface area contributed by atoms with Crippen LogP contribution in [0, 0.1) is 0 Å². The summed E-state index contributed by atoms with van der Waals surface area (Å²) in [4.78, 5) is 21.5. The number of fused-ring (bicyclic) bond motifs is 1. The molecule has 0 bridgehead atoms. The number of rotatable bonds is 3. The van der Waals surface area contributed by atoms with Crippen molar-refractivity contribution in [1.29, 1.82) is 0 Å². The maximum Gasteiger partial charge on any atom is 0.417 e. The van der Waals surface area contributed by atoms with Crippen molar-refractivity contribution < 1.29 is 31.1 Å². The average Bonchev–Trinajstić information content (AvgIpc) is 3.01. The van der Waals surface area contributed by atoms with E-state index in [1.807, 2.05) is 0 Å². The minimum absolute atomic E-state index is 0.0510. The van der Waals surface area contributed by atoms with Gasteiger partial charge in [-0.2, -0.15) is 26.3 Å². The van der Waals surface area contributed by atoms with Gasteiger partial charge in [-0.05, 0) is 35.4 Å². The number of pyridine rings is 2. The summed E-state index contributed by atoms with van der Waals surface area (Å²) in [7, 11) is 0. The lowest BCUT2D eigenvalue weighted by Crippen LogP contribution is -2.26. The highest BCUT2D eigenvalue weighted by atomic mass is 19.4. The number of halogens is 6. The number of anilines is 1. The fraction of sp³-hybridized carbons (Fsp3) is 0.190. The molecule has 0 spiro atoms. The molecule has 0 saturated heterocycles.